The van der Waals surface area contributed by atoms with Crippen LogP contribution < -0.4 is 9.46 Å². The zero-order valence-electron chi connectivity index (χ0n) is 12.6. The molecule has 0 aromatic heterocycles. The lowest BCUT2D eigenvalue weighted by Crippen LogP contribution is -2.33. The number of ether oxygens (including phenoxy) is 1. The molecule has 25 heavy (non-hydrogen) atoms. The Morgan fingerprint density at radius 2 is 1.68 bits per heavy atom. The summed E-state index contributed by atoms with van der Waals surface area (Å²) < 4.78 is 93.4. The molecular weight excluding hydrogens is 369 g/mol. The molecule has 0 fully saturated rings. The molecule has 2 aromatic carbocycles. The van der Waals surface area contributed by atoms with Crippen molar-refractivity contribution in [1.82, 2.24) is 0 Å². The minimum Gasteiger partial charge on any atom is -0.428 e. The van der Waals surface area contributed by atoms with E-state index in [2.05, 4.69) is 9.46 Å². The summed E-state index contributed by atoms with van der Waals surface area (Å²) in [6.45, 7) is 1.47. The van der Waals surface area contributed by atoms with Crippen molar-refractivity contribution in [2.75, 3.05) is 4.72 Å². The van der Waals surface area contributed by atoms with Crippen LogP contribution in [0.15, 0.2) is 47.4 Å². The van der Waals surface area contributed by atoms with Crippen LogP contribution >= 0.6 is 0 Å². The van der Waals surface area contributed by atoms with Crippen LogP contribution in [0.2, 0.25) is 0 Å². The molecule has 0 radical (unpaired) electrons. The van der Waals surface area contributed by atoms with Crippen LogP contribution in [-0.4, -0.2) is 21.0 Å². The maximum absolute atomic E-state index is 13.3. The average Bonchev–Trinajstić information content (AvgIpc) is 2.51. The van der Waals surface area contributed by atoms with Crippen LogP contribution in [0.4, 0.5) is 27.6 Å². The molecule has 0 aliphatic rings. The largest absolute Gasteiger partial charge is 0.461 e. The van der Waals surface area contributed by atoms with Crippen molar-refractivity contribution >= 4 is 15.7 Å². The van der Waals surface area contributed by atoms with Crippen LogP contribution in [0.25, 0.3) is 0 Å². The summed E-state index contributed by atoms with van der Waals surface area (Å²) in [5, 5.41) is 0. The summed E-state index contributed by atoms with van der Waals surface area (Å²) in [5.41, 5.74) is 0.252. The molecule has 4 nitrogen and oxygen atoms in total. The molecule has 1 N–H and O–H groups in total. The Morgan fingerprint density at radius 1 is 1.08 bits per heavy atom. The molecule has 2 aromatic rings. The Labute approximate surface area is 140 Å². The molecule has 0 bridgehead atoms. The molecule has 0 heterocycles. The summed E-state index contributed by atoms with van der Waals surface area (Å²) in [7, 11) is -4.13. The molecule has 136 valence electrons. The van der Waals surface area contributed by atoms with Crippen molar-refractivity contribution < 1.29 is 35.1 Å². The third-order valence-corrected chi connectivity index (χ3v) is 4.58. The van der Waals surface area contributed by atoms with Gasteiger partial charge in [0.1, 0.15) is 11.6 Å². The van der Waals surface area contributed by atoms with E-state index in [1.165, 1.54) is 13.0 Å². The minimum absolute atomic E-state index is 0.0450. The quantitative estimate of drug-likeness (QED) is 0.764. The number of rotatable bonds is 6. The van der Waals surface area contributed by atoms with E-state index in [-0.39, 0.29) is 10.6 Å². The molecule has 0 saturated heterocycles. The van der Waals surface area contributed by atoms with E-state index in [4.69, 9.17) is 0 Å². The van der Waals surface area contributed by atoms with Crippen molar-refractivity contribution in [3.05, 3.63) is 53.8 Å². The van der Waals surface area contributed by atoms with Gasteiger partial charge in [0.15, 0.2) is 0 Å². The lowest BCUT2D eigenvalue weighted by molar-refractivity contribution is -0.253. The Bertz CT molecular complexity index is 854. The molecule has 0 aliphatic heterocycles. The Hall–Kier alpha value is -2.36. The number of benzene rings is 2. The topological polar surface area (TPSA) is 55.4 Å². The first-order chi connectivity index (χ1) is 11.5. The summed E-state index contributed by atoms with van der Waals surface area (Å²) in [6, 6.07) is 7.10. The highest BCUT2D eigenvalue weighted by Gasteiger charge is 2.43. The first-order valence-electron chi connectivity index (χ1n) is 6.75. The summed E-state index contributed by atoms with van der Waals surface area (Å²) in [5.74, 6) is -1.32. The third kappa shape index (κ3) is 4.59. The highest BCUT2D eigenvalue weighted by Crippen LogP contribution is 2.28. The maximum Gasteiger partial charge on any atom is 0.461 e. The fourth-order valence-electron chi connectivity index (χ4n) is 1.87. The summed E-state index contributed by atoms with van der Waals surface area (Å²) in [6.07, 6.45) is -8.68. The van der Waals surface area contributed by atoms with Crippen molar-refractivity contribution in [2.24, 2.45) is 0 Å². The van der Waals surface area contributed by atoms with Gasteiger partial charge in [0, 0.05) is 5.69 Å². The van der Waals surface area contributed by atoms with E-state index in [0.717, 1.165) is 36.4 Å². The van der Waals surface area contributed by atoms with Gasteiger partial charge in [-0.2, -0.15) is 17.6 Å². The van der Waals surface area contributed by atoms with Crippen LogP contribution in [0.3, 0.4) is 0 Å². The number of nitrogens with one attached hydrogen (secondary N) is 1. The highest BCUT2D eigenvalue weighted by molar-refractivity contribution is 7.92. The zero-order valence-corrected chi connectivity index (χ0v) is 13.5. The lowest BCUT2D eigenvalue weighted by Gasteiger charge is -2.17. The molecule has 0 atom stereocenters. The second-order valence-electron chi connectivity index (χ2n) is 5.00. The number of halogens is 5. The Morgan fingerprint density at radius 3 is 2.24 bits per heavy atom. The minimum atomic E-state index is -4.67. The van der Waals surface area contributed by atoms with Gasteiger partial charge in [-0.25, -0.2) is 12.8 Å². The SMILES string of the molecule is Cc1ccc(F)cc1S(=O)(=O)Nc1ccc(OC(F)(F)C(F)F)cc1. The molecule has 0 spiro atoms. The first kappa shape index (κ1) is 19.0. The van der Waals surface area contributed by atoms with Gasteiger partial charge < -0.3 is 4.74 Å². The predicted octanol–water partition coefficient (Wildman–Crippen LogP) is 4.17. The van der Waals surface area contributed by atoms with Crippen molar-refractivity contribution in [3.8, 4) is 5.75 Å². The number of anilines is 1. The van der Waals surface area contributed by atoms with Crippen LogP contribution in [-0.2, 0) is 10.0 Å². The van der Waals surface area contributed by atoms with Gasteiger partial charge in [0.25, 0.3) is 10.0 Å². The van der Waals surface area contributed by atoms with Gasteiger partial charge in [-0.3, -0.25) is 4.72 Å². The van der Waals surface area contributed by atoms with Crippen molar-refractivity contribution in [2.45, 2.75) is 24.4 Å². The van der Waals surface area contributed by atoms with E-state index < -0.39 is 34.1 Å². The molecule has 2 rings (SSSR count). The lowest BCUT2D eigenvalue weighted by atomic mass is 10.2. The first-order valence-corrected chi connectivity index (χ1v) is 8.23. The van der Waals surface area contributed by atoms with E-state index in [1.54, 1.807) is 0 Å². The van der Waals surface area contributed by atoms with Crippen LogP contribution in [0, 0.1) is 12.7 Å². The normalized spacial score (nSPS) is 12.3. The predicted molar refractivity (Wildman–Crippen MR) is 80.0 cm³/mol. The number of hydrogen-bond donors (Lipinski definition) is 1. The fraction of sp³-hybridized carbons (Fsp3) is 0.200. The van der Waals surface area contributed by atoms with Crippen LogP contribution in [0.1, 0.15) is 5.56 Å². The van der Waals surface area contributed by atoms with Crippen molar-refractivity contribution in [1.29, 1.82) is 0 Å². The number of hydrogen-bond acceptors (Lipinski definition) is 3. The average molecular weight is 381 g/mol. The summed E-state index contributed by atoms with van der Waals surface area (Å²) >= 11 is 0. The smallest absolute Gasteiger partial charge is 0.428 e. The van der Waals surface area contributed by atoms with E-state index >= 15 is 0 Å². The molecular formula is C15H12F5NO3S. The third-order valence-electron chi connectivity index (χ3n) is 3.05. The zero-order chi connectivity index (χ0) is 18.8. The van der Waals surface area contributed by atoms with Gasteiger partial charge in [-0.1, -0.05) is 6.07 Å². The van der Waals surface area contributed by atoms with E-state index in [9.17, 15) is 30.4 Å². The number of alkyl halides is 4. The van der Waals surface area contributed by atoms with Gasteiger partial charge in [-0.05, 0) is 48.9 Å². The Balaban J connectivity index is 2.19. The molecule has 0 aliphatic carbocycles. The van der Waals surface area contributed by atoms with Gasteiger partial charge >= 0.3 is 12.5 Å². The molecule has 0 unspecified atom stereocenters. The summed E-state index contributed by atoms with van der Waals surface area (Å²) in [4.78, 5) is -0.294. The molecule has 10 heteroatoms. The monoisotopic (exact) mass is 381 g/mol. The number of aryl methyl sites for hydroxylation is 1. The molecule has 0 saturated carbocycles. The van der Waals surface area contributed by atoms with E-state index in [0.29, 0.717) is 5.56 Å². The van der Waals surface area contributed by atoms with Gasteiger partial charge in [0.2, 0.25) is 0 Å². The fourth-order valence-corrected chi connectivity index (χ4v) is 3.18. The van der Waals surface area contributed by atoms with Crippen LogP contribution in [0.5, 0.6) is 5.75 Å². The van der Waals surface area contributed by atoms with Gasteiger partial charge in [-0.15, -0.1) is 0 Å². The standard InChI is InChI=1S/C15H12F5NO3S/c1-9-2-3-10(16)8-13(9)25(22,23)21-11-4-6-12(7-5-11)24-15(19,20)14(17)18/h2-8,14,21H,1H3. The number of sulfonamides is 1. The molecule has 0 amide bonds. The van der Waals surface area contributed by atoms with Gasteiger partial charge in [0.05, 0.1) is 4.90 Å². The maximum atomic E-state index is 13.3. The highest BCUT2D eigenvalue weighted by atomic mass is 32.2. The van der Waals surface area contributed by atoms with Crippen molar-refractivity contribution in [3.63, 3.8) is 0 Å². The second kappa shape index (κ2) is 6.87. The second-order valence-corrected chi connectivity index (χ2v) is 6.66. The van der Waals surface area contributed by atoms with E-state index in [1.807, 2.05) is 0 Å². The Kier molecular flexibility index (Phi) is 5.21.